The van der Waals surface area contributed by atoms with Crippen LogP contribution in [0.2, 0.25) is 0 Å². The summed E-state index contributed by atoms with van der Waals surface area (Å²) < 4.78 is 8.17. The summed E-state index contributed by atoms with van der Waals surface area (Å²) in [6.45, 7) is 9.42. The Labute approximate surface area is 117 Å². The van der Waals surface area contributed by atoms with Gasteiger partial charge >= 0.3 is 0 Å². The second-order valence-electron chi connectivity index (χ2n) is 6.43. The molecule has 5 heteroatoms. The van der Waals surface area contributed by atoms with Crippen LogP contribution >= 0.6 is 11.3 Å². The van der Waals surface area contributed by atoms with Gasteiger partial charge < -0.3 is 10.1 Å². The molecule has 2 aromatic heterocycles. The number of hydrogen-bond donors (Lipinski definition) is 1. The molecule has 3 heterocycles. The zero-order valence-corrected chi connectivity index (χ0v) is 12.8. The Bertz CT molecular complexity index is 556. The highest BCUT2D eigenvalue weighted by Crippen LogP contribution is 2.37. The normalized spacial score (nSPS) is 25.2. The van der Waals surface area contributed by atoms with Crippen LogP contribution < -0.4 is 5.32 Å². The summed E-state index contributed by atoms with van der Waals surface area (Å²) in [6, 6.07) is 0.363. The number of hydrogen-bond acceptors (Lipinski definition) is 4. The Hall–Kier alpha value is -0.910. The summed E-state index contributed by atoms with van der Waals surface area (Å²) in [6.07, 6.45) is 5.16. The van der Waals surface area contributed by atoms with Crippen molar-refractivity contribution >= 4 is 16.3 Å². The van der Waals surface area contributed by atoms with E-state index >= 15 is 0 Å². The molecule has 0 spiro atoms. The van der Waals surface area contributed by atoms with E-state index in [-0.39, 0.29) is 11.2 Å². The molecule has 1 atom stereocenters. The predicted molar refractivity (Wildman–Crippen MR) is 77.6 cm³/mol. The maximum Gasteiger partial charge on any atom is 0.193 e. The second kappa shape index (κ2) is 4.30. The van der Waals surface area contributed by atoms with Gasteiger partial charge in [-0.2, -0.15) is 0 Å². The van der Waals surface area contributed by atoms with Gasteiger partial charge in [0.1, 0.15) is 0 Å². The molecule has 1 N–H and O–H groups in total. The fourth-order valence-electron chi connectivity index (χ4n) is 2.97. The van der Waals surface area contributed by atoms with Crippen molar-refractivity contribution < 1.29 is 4.74 Å². The molecular formula is C14H21N3OS. The molecule has 0 amide bonds. The van der Waals surface area contributed by atoms with Crippen LogP contribution in [0.4, 0.5) is 0 Å². The summed E-state index contributed by atoms with van der Waals surface area (Å²) in [7, 11) is 0. The smallest absolute Gasteiger partial charge is 0.193 e. The lowest BCUT2D eigenvalue weighted by atomic mass is 9.94. The molecule has 104 valence electrons. The molecule has 0 aromatic carbocycles. The zero-order valence-electron chi connectivity index (χ0n) is 11.9. The first kappa shape index (κ1) is 13.1. The highest BCUT2D eigenvalue weighted by Gasteiger charge is 2.45. The Kier molecular flexibility index (Phi) is 2.96. The monoisotopic (exact) mass is 279 g/mol. The molecule has 0 bridgehead atoms. The molecule has 0 aliphatic carbocycles. The minimum Gasteiger partial charge on any atom is -0.368 e. The lowest BCUT2D eigenvalue weighted by molar-refractivity contribution is -0.0699. The van der Waals surface area contributed by atoms with Crippen molar-refractivity contribution in [3.63, 3.8) is 0 Å². The van der Waals surface area contributed by atoms with Crippen LogP contribution in [0.5, 0.6) is 0 Å². The number of nitrogens with one attached hydrogen (secondary N) is 1. The quantitative estimate of drug-likeness (QED) is 0.939. The Morgan fingerprint density at radius 2 is 2.26 bits per heavy atom. The average molecular weight is 279 g/mol. The van der Waals surface area contributed by atoms with E-state index in [0.717, 1.165) is 23.6 Å². The minimum atomic E-state index is -0.124. The predicted octanol–water partition coefficient (Wildman–Crippen LogP) is 2.83. The number of nitrogens with zero attached hydrogens (tertiary/aromatic N) is 2. The lowest BCUT2D eigenvalue weighted by Gasteiger charge is -2.27. The topological polar surface area (TPSA) is 38.6 Å². The standard InChI is InChI=1S/C14H21N3OS/c1-13(2)7-11(14(3,4)18-13)15-8-10-9-17-5-6-19-12(17)16-10/h5-6,9,11,15H,7-8H2,1-4H3. The average Bonchev–Trinajstić information content (AvgIpc) is 2.86. The molecule has 0 saturated carbocycles. The van der Waals surface area contributed by atoms with Gasteiger partial charge in [-0.15, -0.1) is 11.3 Å². The third-order valence-electron chi connectivity index (χ3n) is 3.75. The molecule has 3 rings (SSSR count). The largest absolute Gasteiger partial charge is 0.368 e. The summed E-state index contributed by atoms with van der Waals surface area (Å²) in [5.41, 5.74) is 0.920. The first-order valence-corrected chi connectivity index (χ1v) is 7.58. The Morgan fingerprint density at radius 3 is 2.89 bits per heavy atom. The van der Waals surface area contributed by atoms with Crippen LogP contribution in [0.1, 0.15) is 39.8 Å². The third-order valence-corrected chi connectivity index (χ3v) is 4.52. The van der Waals surface area contributed by atoms with Crippen LogP contribution in [-0.2, 0) is 11.3 Å². The second-order valence-corrected chi connectivity index (χ2v) is 7.30. The molecule has 1 fully saturated rings. The van der Waals surface area contributed by atoms with E-state index in [0.29, 0.717) is 6.04 Å². The number of thiazole rings is 1. The molecule has 0 radical (unpaired) electrons. The van der Waals surface area contributed by atoms with E-state index < -0.39 is 0 Å². The Balaban J connectivity index is 1.67. The first-order chi connectivity index (χ1) is 8.86. The molecule has 1 aliphatic heterocycles. The summed E-state index contributed by atoms with van der Waals surface area (Å²) in [4.78, 5) is 5.65. The van der Waals surface area contributed by atoms with E-state index in [1.165, 1.54) is 0 Å². The molecular weight excluding hydrogens is 258 g/mol. The highest BCUT2D eigenvalue weighted by atomic mass is 32.1. The van der Waals surface area contributed by atoms with E-state index in [9.17, 15) is 0 Å². The van der Waals surface area contributed by atoms with Crippen LogP contribution in [0.3, 0.4) is 0 Å². The van der Waals surface area contributed by atoms with E-state index in [2.05, 4.69) is 54.0 Å². The fourth-order valence-corrected chi connectivity index (χ4v) is 3.69. The van der Waals surface area contributed by atoms with Crippen molar-refractivity contribution in [3.05, 3.63) is 23.5 Å². The minimum absolute atomic E-state index is 0.0459. The summed E-state index contributed by atoms with van der Waals surface area (Å²) in [5, 5.41) is 5.65. The van der Waals surface area contributed by atoms with Gasteiger partial charge in [0.05, 0.1) is 16.9 Å². The van der Waals surface area contributed by atoms with Crippen molar-refractivity contribution in [1.29, 1.82) is 0 Å². The number of rotatable bonds is 3. The molecule has 1 saturated heterocycles. The van der Waals surface area contributed by atoms with Gasteiger partial charge in [-0.05, 0) is 34.1 Å². The molecule has 1 aliphatic rings. The molecule has 2 aromatic rings. The molecule has 19 heavy (non-hydrogen) atoms. The van der Waals surface area contributed by atoms with Gasteiger partial charge in [-0.25, -0.2) is 4.98 Å². The van der Waals surface area contributed by atoms with Crippen LogP contribution in [0, 0.1) is 0 Å². The highest BCUT2D eigenvalue weighted by molar-refractivity contribution is 7.15. The van der Waals surface area contributed by atoms with Crippen molar-refractivity contribution in [1.82, 2.24) is 14.7 Å². The summed E-state index contributed by atoms with van der Waals surface area (Å²) in [5.74, 6) is 0. The molecule has 4 nitrogen and oxygen atoms in total. The zero-order chi connectivity index (χ0) is 13.7. The first-order valence-electron chi connectivity index (χ1n) is 6.70. The van der Waals surface area contributed by atoms with Crippen molar-refractivity contribution in [2.24, 2.45) is 0 Å². The van der Waals surface area contributed by atoms with Gasteiger partial charge in [0, 0.05) is 30.4 Å². The van der Waals surface area contributed by atoms with Gasteiger partial charge in [-0.3, -0.25) is 4.40 Å². The summed E-state index contributed by atoms with van der Waals surface area (Å²) >= 11 is 1.67. The van der Waals surface area contributed by atoms with Gasteiger partial charge in [0.25, 0.3) is 0 Å². The Morgan fingerprint density at radius 1 is 1.47 bits per heavy atom. The number of aromatic nitrogens is 2. The van der Waals surface area contributed by atoms with Gasteiger partial charge in [0.15, 0.2) is 4.96 Å². The van der Waals surface area contributed by atoms with Gasteiger partial charge in [0.2, 0.25) is 0 Å². The van der Waals surface area contributed by atoms with Crippen LogP contribution in [0.15, 0.2) is 17.8 Å². The van der Waals surface area contributed by atoms with Crippen LogP contribution in [-0.4, -0.2) is 26.6 Å². The third kappa shape index (κ3) is 2.55. The maximum atomic E-state index is 6.10. The maximum absolute atomic E-state index is 6.10. The van der Waals surface area contributed by atoms with E-state index in [1.54, 1.807) is 11.3 Å². The van der Waals surface area contributed by atoms with Crippen LogP contribution in [0.25, 0.3) is 4.96 Å². The SMILES string of the molecule is CC1(C)CC(NCc2cn3ccsc3n2)C(C)(C)O1. The number of ether oxygens (including phenoxy) is 1. The fraction of sp³-hybridized carbons (Fsp3) is 0.643. The van der Waals surface area contributed by atoms with E-state index in [1.807, 2.05) is 6.20 Å². The number of imidazole rings is 1. The van der Waals surface area contributed by atoms with Gasteiger partial charge in [-0.1, -0.05) is 0 Å². The lowest BCUT2D eigenvalue weighted by Crippen LogP contribution is -2.43. The molecule has 1 unspecified atom stereocenters. The van der Waals surface area contributed by atoms with E-state index in [4.69, 9.17) is 4.74 Å². The number of fused-ring (bicyclic) bond motifs is 1. The van der Waals surface area contributed by atoms with Crippen molar-refractivity contribution in [2.45, 2.75) is 57.9 Å². The van der Waals surface area contributed by atoms with Crippen molar-refractivity contribution in [3.8, 4) is 0 Å². The van der Waals surface area contributed by atoms with Crippen molar-refractivity contribution in [2.75, 3.05) is 0 Å².